The summed E-state index contributed by atoms with van der Waals surface area (Å²) in [5.41, 5.74) is 1.27. The number of halogens is 1. The molecular weight excluding hydrogens is 290 g/mol. The molecule has 1 aromatic carbocycles. The Balaban J connectivity index is 2.05. The molecule has 0 saturated carbocycles. The SMILES string of the molecule is CCCNCc1nccn1Cc1ccccc1Br. The van der Waals surface area contributed by atoms with Gasteiger partial charge in [0.25, 0.3) is 0 Å². The topological polar surface area (TPSA) is 29.9 Å². The fraction of sp³-hybridized carbons (Fsp3) is 0.357. The Morgan fingerprint density at radius 2 is 2.17 bits per heavy atom. The van der Waals surface area contributed by atoms with Crippen molar-refractivity contribution < 1.29 is 0 Å². The van der Waals surface area contributed by atoms with Gasteiger partial charge in [-0.2, -0.15) is 0 Å². The van der Waals surface area contributed by atoms with Gasteiger partial charge in [0.15, 0.2) is 0 Å². The van der Waals surface area contributed by atoms with E-state index in [-0.39, 0.29) is 0 Å². The molecule has 0 fully saturated rings. The Kier molecular flexibility index (Phi) is 4.96. The molecule has 1 aromatic heterocycles. The number of hydrogen-bond acceptors (Lipinski definition) is 2. The van der Waals surface area contributed by atoms with Crippen LogP contribution in [0.15, 0.2) is 41.1 Å². The summed E-state index contributed by atoms with van der Waals surface area (Å²) < 4.78 is 3.33. The minimum absolute atomic E-state index is 0.825. The van der Waals surface area contributed by atoms with Gasteiger partial charge < -0.3 is 9.88 Å². The molecule has 18 heavy (non-hydrogen) atoms. The number of rotatable bonds is 6. The van der Waals surface area contributed by atoms with Gasteiger partial charge in [-0.05, 0) is 24.6 Å². The first kappa shape index (κ1) is 13.3. The van der Waals surface area contributed by atoms with Crippen molar-refractivity contribution in [3.63, 3.8) is 0 Å². The molecule has 3 nitrogen and oxygen atoms in total. The second-order valence-corrected chi connectivity index (χ2v) is 5.09. The second-order valence-electron chi connectivity index (χ2n) is 4.24. The van der Waals surface area contributed by atoms with Crippen LogP contribution in [-0.4, -0.2) is 16.1 Å². The first-order chi connectivity index (χ1) is 8.81. The third-order valence-electron chi connectivity index (χ3n) is 2.81. The molecule has 1 N–H and O–H groups in total. The van der Waals surface area contributed by atoms with Crippen molar-refractivity contribution in [2.45, 2.75) is 26.4 Å². The fourth-order valence-electron chi connectivity index (χ4n) is 1.84. The van der Waals surface area contributed by atoms with E-state index in [0.29, 0.717) is 0 Å². The predicted molar refractivity (Wildman–Crippen MR) is 77.5 cm³/mol. The lowest BCUT2D eigenvalue weighted by atomic mass is 10.2. The third-order valence-corrected chi connectivity index (χ3v) is 3.58. The molecule has 0 radical (unpaired) electrons. The molecule has 0 amide bonds. The Hall–Kier alpha value is -1.13. The van der Waals surface area contributed by atoms with E-state index in [2.05, 4.69) is 55.9 Å². The standard InChI is InChI=1S/C14H18BrN3/c1-2-7-16-10-14-17-8-9-18(14)11-12-5-3-4-6-13(12)15/h3-6,8-9,16H,2,7,10-11H2,1H3. The van der Waals surface area contributed by atoms with E-state index in [1.807, 2.05) is 18.5 Å². The number of nitrogens with zero attached hydrogens (tertiary/aromatic N) is 2. The molecule has 0 saturated heterocycles. The average molecular weight is 308 g/mol. The summed E-state index contributed by atoms with van der Waals surface area (Å²) in [4.78, 5) is 4.40. The van der Waals surface area contributed by atoms with Gasteiger partial charge in [0, 0.05) is 23.4 Å². The Morgan fingerprint density at radius 3 is 2.94 bits per heavy atom. The highest BCUT2D eigenvalue weighted by atomic mass is 79.9. The van der Waals surface area contributed by atoms with Crippen LogP contribution in [0.3, 0.4) is 0 Å². The minimum atomic E-state index is 0.825. The first-order valence-electron chi connectivity index (χ1n) is 6.25. The van der Waals surface area contributed by atoms with E-state index in [0.717, 1.165) is 36.4 Å². The predicted octanol–water partition coefficient (Wildman–Crippen LogP) is 3.19. The molecular formula is C14H18BrN3. The molecule has 1 heterocycles. The lowest BCUT2D eigenvalue weighted by molar-refractivity contribution is 0.615. The lowest BCUT2D eigenvalue weighted by Gasteiger charge is -2.10. The summed E-state index contributed by atoms with van der Waals surface area (Å²) >= 11 is 3.58. The molecule has 0 aliphatic carbocycles. The maximum absolute atomic E-state index is 4.40. The second kappa shape index (κ2) is 6.71. The van der Waals surface area contributed by atoms with E-state index in [4.69, 9.17) is 0 Å². The molecule has 0 aliphatic heterocycles. The van der Waals surface area contributed by atoms with Gasteiger partial charge in [-0.1, -0.05) is 41.1 Å². The summed E-state index contributed by atoms with van der Waals surface area (Å²) in [7, 11) is 0. The molecule has 4 heteroatoms. The van der Waals surface area contributed by atoms with Crippen molar-refractivity contribution in [1.29, 1.82) is 0 Å². The third kappa shape index (κ3) is 3.43. The number of nitrogens with one attached hydrogen (secondary N) is 1. The average Bonchev–Trinajstić information content (AvgIpc) is 2.80. The van der Waals surface area contributed by atoms with Crippen molar-refractivity contribution in [2.24, 2.45) is 0 Å². The van der Waals surface area contributed by atoms with Gasteiger partial charge >= 0.3 is 0 Å². The Bertz CT molecular complexity index is 493. The molecule has 2 aromatic rings. The number of hydrogen-bond donors (Lipinski definition) is 1. The van der Waals surface area contributed by atoms with Crippen molar-refractivity contribution in [2.75, 3.05) is 6.54 Å². The summed E-state index contributed by atoms with van der Waals surface area (Å²) in [5.74, 6) is 1.08. The zero-order valence-corrected chi connectivity index (χ0v) is 12.2. The summed E-state index contributed by atoms with van der Waals surface area (Å²) in [6.45, 7) is 4.87. The molecule has 0 bridgehead atoms. The van der Waals surface area contributed by atoms with E-state index in [1.165, 1.54) is 5.56 Å². The summed E-state index contributed by atoms with van der Waals surface area (Å²) in [6.07, 6.45) is 5.03. The summed E-state index contributed by atoms with van der Waals surface area (Å²) in [5, 5.41) is 3.38. The number of aromatic nitrogens is 2. The van der Waals surface area contributed by atoms with Crippen LogP contribution in [0, 0.1) is 0 Å². The maximum Gasteiger partial charge on any atom is 0.122 e. The van der Waals surface area contributed by atoms with Gasteiger partial charge in [-0.15, -0.1) is 0 Å². The smallest absolute Gasteiger partial charge is 0.122 e. The van der Waals surface area contributed by atoms with Crippen LogP contribution in [0.2, 0.25) is 0 Å². The Morgan fingerprint density at radius 1 is 1.33 bits per heavy atom. The lowest BCUT2D eigenvalue weighted by Crippen LogP contribution is -2.18. The zero-order valence-electron chi connectivity index (χ0n) is 10.6. The fourth-order valence-corrected chi connectivity index (χ4v) is 2.25. The minimum Gasteiger partial charge on any atom is -0.329 e. The van der Waals surface area contributed by atoms with Gasteiger partial charge in [-0.25, -0.2) is 4.98 Å². The van der Waals surface area contributed by atoms with Crippen LogP contribution in [0.4, 0.5) is 0 Å². The highest BCUT2D eigenvalue weighted by molar-refractivity contribution is 9.10. The van der Waals surface area contributed by atoms with Crippen LogP contribution in [0.5, 0.6) is 0 Å². The molecule has 0 unspecified atom stereocenters. The van der Waals surface area contributed by atoms with Crippen LogP contribution >= 0.6 is 15.9 Å². The van der Waals surface area contributed by atoms with Crippen molar-refractivity contribution in [3.05, 3.63) is 52.5 Å². The zero-order chi connectivity index (χ0) is 12.8. The van der Waals surface area contributed by atoms with Crippen LogP contribution < -0.4 is 5.32 Å². The number of benzene rings is 1. The van der Waals surface area contributed by atoms with E-state index in [1.54, 1.807) is 0 Å². The maximum atomic E-state index is 4.40. The van der Waals surface area contributed by atoms with Crippen molar-refractivity contribution in [3.8, 4) is 0 Å². The van der Waals surface area contributed by atoms with E-state index in [9.17, 15) is 0 Å². The molecule has 0 aliphatic rings. The van der Waals surface area contributed by atoms with Gasteiger partial charge in [0.2, 0.25) is 0 Å². The van der Waals surface area contributed by atoms with Crippen molar-refractivity contribution >= 4 is 15.9 Å². The van der Waals surface area contributed by atoms with Crippen LogP contribution in [0.1, 0.15) is 24.7 Å². The first-order valence-corrected chi connectivity index (χ1v) is 7.04. The van der Waals surface area contributed by atoms with E-state index >= 15 is 0 Å². The van der Waals surface area contributed by atoms with E-state index < -0.39 is 0 Å². The monoisotopic (exact) mass is 307 g/mol. The van der Waals surface area contributed by atoms with Gasteiger partial charge in [0.05, 0.1) is 6.54 Å². The largest absolute Gasteiger partial charge is 0.329 e. The summed E-state index contributed by atoms with van der Waals surface area (Å²) in [6, 6.07) is 8.30. The van der Waals surface area contributed by atoms with Crippen LogP contribution in [-0.2, 0) is 13.1 Å². The van der Waals surface area contributed by atoms with Crippen molar-refractivity contribution in [1.82, 2.24) is 14.9 Å². The normalized spacial score (nSPS) is 10.8. The quantitative estimate of drug-likeness (QED) is 0.831. The molecule has 0 spiro atoms. The van der Waals surface area contributed by atoms with Crippen LogP contribution in [0.25, 0.3) is 0 Å². The molecule has 2 rings (SSSR count). The molecule has 0 atom stereocenters. The number of imidazole rings is 1. The Labute approximate surface area is 116 Å². The highest BCUT2D eigenvalue weighted by Gasteiger charge is 2.04. The molecule has 96 valence electrons. The van der Waals surface area contributed by atoms with Gasteiger partial charge in [0.1, 0.15) is 5.82 Å². The van der Waals surface area contributed by atoms with Gasteiger partial charge in [-0.3, -0.25) is 0 Å². The highest BCUT2D eigenvalue weighted by Crippen LogP contribution is 2.17.